The Morgan fingerprint density at radius 1 is 1.26 bits per heavy atom. The molecule has 2 aliphatic rings. The lowest BCUT2D eigenvalue weighted by atomic mass is 9.97. The zero-order valence-electron chi connectivity index (χ0n) is 17.0. The number of guanidine groups is 1. The Bertz CT molecular complexity index is 557. The number of nitrogens with zero attached hydrogens (tertiary/aromatic N) is 3. The molecule has 1 aromatic rings. The Hall–Kier alpha value is -0.380. The molecule has 7 heteroatoms. The minimum Gasteiger partial charge on any atom is -0.356 e. The van der Waals surface area contributed by atoms with Crippen LogP contribution in [-0.4, -0.2) is 69.1 Å². The molecule has 0 radical (unpaired) electrons. The molecule has 2 saturated heterocycles. The summed E-state index contributed by atoms with van der Waals surface area (Å²) in [4.78, 5) is 11.0. The molecular weight excluding hydrogens is 469 g/mol. The van der Waals surface area contributed by atoms with Crippen molar-refractivity contribution in [1.29, 1.82) is 0 Å². The topological polar surface area (TPSA) is 42.9 Å². The molecule has 0 bridgehead atoms. The molecular formula is C20H36IN5S. The Morgan fingerprint density at radius 3 is 2.63 bits per heavy atom. The molecule has 3 heterocycles. The van der Waals surface area contributed by atoms with Crippen LogP contribution in [0.3, 0.4) is 0 Å². The maximum Gasteiger partial charge on any atom is 0.191 e. The van der Waals surface area contributed by atoms with E-state index in [4.69, 9.17) is 0 Å². The van der Waals surface area contributed by atoms with Crippen molar-refractivity contribution >= 4 is 41.3 Å². The number of halogens is 1. The summed E-state index contributed by atoms with van der Waals surface area (Å²) in [6, 6.07) is 4.89. The average molecular weight is 506 g/mol. The standard InChI is InChI=1S/C20H35N5S.HI/c1-16-6-10-25(11-7-16)18(19-5-4-12-26-19)14-23-20(21-2)22-13-17-8-9-24(3)15-17;/h4-5,12,16-18H,6-11,13-15H2,1-3H3,(H2,21,22,23);1H. The van der Waals surface area contributed by atoms with E-state index in [2.05, 4.69) is 56.9 Å². The predicted octanol–water partition coefficient (Wildman–Crippen LogP) is 3.26. The molecule has 2 N–H and O–H groups in total. The van der Waals surface area contributed by atoms with Crippen molar-refractivity contribution in [2.45, 2.75) is 32.2 Å². The van der Waals surface area contributed by atoms with Gasteiger partial charge in [-0.1, -0.05) is 13.0 Å². The molecule has 0 amide bonds. The first-order chi connectivity index (χ1) is 12.7. The molecule has 0 aromatic carbocycles. The molecule has 2 fully saturated rings. The fraction of sp³-hybridized carbons (Fsp3) is 0.750. The van der Waals surface area contributed by atoms with Crippen LogP contribution < -0.4 is 10.6 Å². The minimum absolute atomic E-state index is 0. The van der Waals surface area contributed by atoms with Gasteiger partial charge in [0.15, 0.2) is 5.96 Å². The average Bonchev–Trinajstić information content (AvgIpc) is 3.31. The predicted molar refractivity (Wildman–Crippen MR) is 127 cm³/mol. The van der Waals surface area contributed by atoms with Crippen LogP contribution in [0.25, 0.3) is 0 Å². The monoisotopic (exact) mass is 505 g/mol. The Morgan fingerprint density at radius 2 is 2.04 bits per heavy atom. The van der Waals surface area contributed by atoms with Gasteiger partial charge in [-0.15, -0.1) is 35.3 Å². The number of piperidine rings is 1. The molecule has 3 rings (SSSR count). The molecule has 1 aromatic heterocycles. The number of thiophene rings is 1. The SMILES string of the molecule is CN=C(NCC1CCN(C)C1)NCC(c1cccs1)N1CCC(C)CC1.I. The quantitative estimate of drug-likeness (QED) is 0.354. The third-order valence-electron chi connectivity index (χ3n) is 5.86. The molecule has 27 heavy (non-hydrogen) atoms. The highest BCUT2D eigenvalue weighted by molar-refractivity contribution is 14.0. The van der Waals surface area contributed by atoms with Gasteiger partial charge in [0.25, 0.3) is 0 Å². The van der Waals surface area contributed by atoms with Gasteiger partial charge in [0.1, 0.15) is 0 Å². The highest BCUT2D eigenvalue weighted by Gasteiger charge is 2.25. The first-order valence-corrected chi connectivity index (χ1v) is 10.9. The summed E-state index contributed by atoms with van der Waals surface area (Å²) >= 11 is 1.87. The van der Waals surface area contributed by atoms with E-state index in [-0.39, 0.29) is 24.0 Å². The highest BCUT2D eigenvalue weighted by atomic mass is 127. The van der Waals surface area contributed by atoms with E-state index < -0.39 is 0 Å². The van der Waals surface area contributed by atoms with E-state index in [9.17, 15) is 0 Å². The number of aliphatic imine (C=N–C) groups is 1. The van der Waals surface area contributed by atoms with Crippen LogP contribution in [0.4, 0.5) is 0 Å². The molecule has 0 aliphatic carbocycles. The molecule has 5 nitrogen and oxygen atoms in total. The number of likely N-dealkylation sites (tertiary alicyclic amines) is 2. The summed E-state index contributed by atoms with van der Waals surface area (Å²) in [5.41, 5.74) is 0. The van der Waals surface area contributed by atoms with Gasteiger partial charge in [0.2, 0.25) is 0 Å². The van der Waals surface area contributed by atoms with Gasteiger partial charge < -0.3 is 15.5 Å². The van der Waals surface area contributed by atoms with Crippen molar-refractivity contribution in [2.75, 3.05) is 53.4 Å². The van der Waals surface area contributed by atoms with Gasteiger partial charge in [-0.2, -0.15) is 0 Å². The van der Waals surface area contributed by atoms with Crippen LogP contribution in [-0.2, 0) is 0 Å². The van der Waals surface area contributed by atoms with Crippen LogP contribution in [0.1, 0.15) is 37.1 Å². The van der Waals surface area contributed by atoms with E-state index in [1.807, 2.05) is 18.4 Å². The number of hydrogen-bond acceptors (Lipinski definition) is 4. The second-order valence-corrected chi connectivity index (χ2v) is 8.98. The van der Waals surface area contributed by atoms with E-state index in [1.54, 1.807) is 0 Å². The molecule has 2 aliphatic heterocycles. The molecule has 154 valence electrons. The summed E-state index contributed by atoms with van der Waals surface area (Å²) in [5.74, 6) is 2.53. The summed E-state index contributed by atoms with van der Waals surface area (Å²) in [6.45, 7) is 9.10. The lowest BCUT2D eigenvalue weighted by Gasteiger charge is -2.36. The summed E-state index contributed by atoms with van der Waals surface area (Å²) in [5, 5.41) is 9.32. The van der Waals surface area contributed by atoms with Crippen molar-refractivity contribution < 1.29 is 0 Å². The van der Waals surface area contributed by atoms with Crippen LogP contribution >= 0.6 is 35.3 Å². The fourth-order valence-electron chi connectivity index (χ4n) is 4.08. The fourth-order valence-corrected chi connectivity index (χ4v) is 4.94. The Balaban J connectivity index is 0.00000261. The van der Waals surface area contributed by atoms with Crippen LogP contribution in [0.5, 0.6) is 0 Å². The third-order valence-corrected chi connectivity index (χ3v) is 6.84. The molecule has 2 atom stereocenters. The van der Waals surface area contributed by atoms with E-state index in [1.165, 1.54) is 50.3 Å². The van der Waals surface area contributed by atoms with E-state index in [0.717, 1.165) is 30.9 Å². The molecule has 0 saturated carbocycles. The maximum atomic E-state index is 4.44. The van der Waals surface area contributed by atoms with Gasteiger partial charge in [-0.3, -0.25) is 9.89 Å². The smallest absolute Gasteiger partial charge is 0.191 e. The Kier molecular flexibility index (Phi) is 9.82. The van der Waals surface area contributed by atoms with Crippen molar-refractivity contribution in [3.8, 4) is 0 Å². The lowest BCUT2D eigenvalue weighted by Crippen LogP contribution is -2.45. The van der Waals surface area contributed by atoms with Gasteiger partial charge in [-0.05, 0) is 69.2 Å². The van der Waals surface area contributed by atoms with Gasteiger partial charge in [0, 0.05) is 31.6 Å². The van der Waals surface area contributed by atoms with E-state index >= 15 is 0 Å². The zero-order chi connectivity index (χ0) is 18.4. The normalized spacial score (nSPS) is 23.8. The van der Waals surface area contributed by atoms with Crippen LogP contribution in [0, 0.1) is 11.8 Å². The highest BCUT2D eigenvalue weighted by Crippen LogP contribution is 2.29. The second kappa shape index (κ2) is 11.6. The number of nitrogens with one attached hydrogen (secondary N) is 2. The number of rotatable bonds is 6. The van der Waals surface area contributed by atoms with Gasteiger partial charge in [0.05, 0.1) is 6.04 Å². The van der Waals surface area contributed by atoms with Crippen molar-refractivity contribution in [2.24, 2.45) is 16.8 Å². The van der Waals surface area contributed by atoms with Gasteiger partial charge >= 0.3 is 0 Å². The summed E-state index contributed by atoms with van der Waals surface area (Å²) in [7, 11) is 4.08. The van der Waals surface area contributed by atoms with E-state index in [0.29, 0.717) is 6.04 Å². The Labute approximate surface area is 186 Å². The lowest BCUT2D eigenvalue weighted by molar-refractivity contribution is 0.140. The van der Waals surface area contributed by atoms with Gasteiger partial charge in [-0.25, -0.2) is 0 Å². The third kappa shape index (κ3) is 6.87. The van der Waals surface area contributed by atoms with Crippen LogP contribution in [0.2, 0.25) is 0 Å². The van der Waals surface area contributed by atoms with Crippen LogP contribution in [0.15, 0.2) is 22.5 Å². The molecule has 2 unspecified atom stereocenters. The first-order valence-electron chi connectivity index (χ1n) is 10.1. The second-order valence-electron chi connectivity index (χ2n) is 8.00. The number of hydrogen-bond donors (Lipinski definition) is 2. The largest absolute Gasteiger partial charge is 0.356 e. The minimum atomic E-state index is 0. The van der Waals surface area contributed by atoms with Crippen molar-refractivity contribution in [3.05, 3.63) is 22.4 Å². The summed E-state index contributed by atoms with van der Waals surface area (Å²) in [6.07, 6.45) is 3.90. The first kappa shape index (κ1) is 22.9. The zero-order valence-corrected chi connectivity index (χ0v) is 20.1. The summed E-state index contributed by atoms with van der Waals surface area (Å²) < 4.78 is 0. The van der Waals surface area contributed by atoms with Crippen molar-refractivity contribution in [3.63, 3.8) is 0 Å². The van der Waals surface area contributed by atoms with Crippen molar-refractivity contribution in [1.82, 2.24) is 20.4 Å². The maximum absolute atomic E-state index is 4.44. The molecule has 0 spiro atoms.